The first kappa shape index (κ1) is 10.4. The molecule has 0 N–H and O–H groups in total. The molecule has 0 unspecified atom stereocenters. The summed E-state index contributed by atoms with van der Waals surface area (Å²) in [5.41, 5.74) is 0.850. The highest BCUT2D eigenvalue weighted by Crippen LogP contribution is 2.14. The molecule has 1 aromatic rings. The molecule has 1 saturated heterocycles. The van der Waals surface area contributed by atoms with Crippen LogP contribution in [0.2, 0.25) is 0 Å². The summed E-state index contributed by atoms with van der Waals surface area (Å²) in [5, 5.41) is 0. The molecule has 2 rings (SSSR count). The van der Waals surface area contributed by atoms with Crippen molar-refractivity contribution < 1.29 is 8.42 Å². The van der Waals surface area contributed by atoms with Crippen LogP contribution >= 0.6 is 0 Å². The molecule has 0 bridgehead atoms. The summed E-state index contributed by atoms with van der Waals surface area (Å²) in [7, 11) is -2.95. The van der Waals surface area contributed by atoms with Gasteiger partial charge in [-0.2, -0.15) is 0 Å². The van der Waals surface area contributed by atoms with Crippen molar-refractivity contribution in [1.82, 2.24) is 9.97 Å². The quantitative estimate of drug-likeness (QED) is 0.693. The van der Waals surface area contributed by atoms with Crippen molar-refractivity contribution in [3.8, 4) is 0 Å². The highest BCUT2D eigenvalue weighted by Gasteiger charge is 2.24. The zero-order valence-electron chi connectivity index (χ0n) is 8.55. The summed E-state index contributed by atoms with van der Waals surface area (Å²) < 4.78 is 22.8. The Labute approximate surface area is 89.1 Å². The molecule has 1 fully saturated rings. The molecule has 0 amide bonds. The van der Waals surface area contributed by atoms with Crippen LogP contribution in [0.15, 0.2) is 12.3 Å². The average molecular weight is 227 g/mol. The van der Waals surface area contributed by atoms with Crippen LogP contribution < -0.4 is 4.90 Å². The topological polar surface area (TPSA) is 63.2 Å². The van der Waals surface area contributed by atoms with Crippen molar-refractivity contribution >= 4 is 15.8 Å². The van der Waals surface area contributed by atoms with Gasteiger partial charge in [-0.25, -0.2) is 18.4 Å². The van der Waals surface area contributed by atoms with Gasteiger partial charge in [-0.3, -0.25) is 0 Å². The molecule has 0 spiro atoms. The lowest BCUT2D eigenvalue weighted by atomic mass is 10.4. The van der Waals surface area contributed by atoms with Gasteiger partial charge in [0.05, 0.1) is 5.75 Å². The van der Waals surface area contributed by atoms with Crippen LogP contribution in [0.4, 0.5) is 5.95 Å². The molecule has 0 radical (unpaired) electrons. The van der Waals surface area contributed by atoms with E-state index in [2.05, 4.69) is 9.97 Å². The molecule has 15 heavy (non-hydrogen) atoms. The van der Waals surface area contributed by atoms with Gasteiger partial charge in [0.2, 0.25) is 5.95 Å². The van der Waals surface area contributed by atoms with Gasteiger partial charge in [0, 0.05) is 18.4 Å². The van der Waals surface area contributed by atoms with Gasteiger partial charge in [-0.1, -0.05) is 0 Å². The van der Waals surface area contributed by atoms with Gasteiger partial charge < -0.3 is 4.90 Å². The van der Waals surface area contributed by atoms with Crippen LogP contribution in [-0.2, 0) is 9.84 Å². The molecule has 6 heteroatoms. The third kappa shape index (κ3) is 2.44. The number of hydrogen-bond donors (Lipinski definition) is 0. The summed E-state index contributed by atoms with van der Waals surface area (Å²) in [4.78, 5) is 10.0. The van der Waals surface area contributed by atoms with E-state index in [-0.39, 0.29) is 11.6 Å². The first-order valence-corrected chi connectivity index (χ1v) is 6.64. The molecule has 1 aliphatic heterocycles. The molecule has 0 saturated carbocycles. The Morgan fingerprint density at radius 3 is 2.93 bits per heavy atom. The number of rotatable bonds is 1. The van der Waals surface area contributed by atoms with Crippen molar-refractivity contribution in [2.24, 2.45) is 0 Å². The smallest absolute Gasteiger partial charge is 0.226 e. The summed E-state index contributed by atoms with van der Waals surface area (Å²) in [6.07, 6.45) is 2.30. The van der Waals surface area contributed by atoms with E-state index in [9.17, 15) is 8.42 Å². The Kier molecular flexibility index (Phi) is 2.60. The normalized spacial score (nSPS) is 20.2. The molecular formula is C9H13N3O2S. The summed E-state index contributed by atoms with van der Waals surface area (Å²) >= 11 is 0. The van der Waals surface area contributed by atoms with Crippen molar-refractivity contribution in [3.05, 3.63) is 18.0 Å². The van der Waals surface area contributed by atoms with E-state index >= 15 is 0 Å². The van der Waals surface area contributed by atoms with Crippen molar-refractivity contribution in [3.63, 3.8) is 0 Å². The molecule has 0 aliphatic carbocycles. The predicted octanol–water partition coefficient (Wildman–Crippen LogP) is 0.367. The minimum atomic E-state index is -2.95. The molecule has 0 atom stereocenters. The summed E-state index contributed by atoms with van der Waals surface area (Å²) in [6.45, 7) is 2.58. The molecule has 5 nitrogen and oxygen atoms in total. The Morgan fingerprint density at radius 1 is 1.47 bits per heavy atom. The molecule has 0 aromatic carbocycles. The lowest BCUT2D eigenvalue weighted by Crippen LogP contribution is -2.38. The number of aryl methyl sites for hydroxylation is 1. The molecule has 2 heterocycles. The van der Waals surface area contributed by atoms with Gasteiger partial charge >= 0.3 is 0 Å². The van der Waals surface area contributed by atoms with E-state index in [1.165, 1.54) is 0 Å². The number of nitrogens with zero attached hydrogens (tertiary/aromatic N) is 3. The Morgan fingerprint density at radius 2 is 2.27 bits per heavy atom. The van der Waals surface area contributed by atoms with Gasteiger partial charge in [0.15, 0.2) is 9.84 Å². The van der Waals surface area contributed by atoms with E-state index in [1.54, 1.807) is 17.2 Å². The van der Waals surface area contributed by atoms with Gasteiger partial charge in [-0.15, -0.1) is 0 Å². The van der Waals surface area contributed by atoms with Crippen LogP contribution in [0.25, 0.3) is 0 Å². The Bertz CT molecular complexity index is 458. The number of anilines is 1. The number of hydrogen-bond acceptors (Lipinski definition) is 5. The van der Waals surface area contributed by atoms with Gasteiger partial charge in [-0.05, 0) is 19.4 Å². The van der Waals surface area contributed by atoms with E-state index in [0.29, 0.717) is 18.9 Å². The molecular weight excluding hydrogens is 214 g/mol. The highest BCUT2D eigenvalue weighted by molar-refractivity contribution is 7.91. The van der Waals surface area contributed by atoms with E-state index in [0.717, 1.165) is 5.69 Å². The van der Waals surface area contributed by atoms with Crippen molar-refractivity contribution in [2.45, 2.75) is 13.3 Å². The number of sulfone groups is 1. The van der Waals surface area contributed by atoms with Crippen LogP contribution in [0.1, 0.15) is 12.1 Å². The SMILES string of the molecule is Cc1ccnc(N2CCCS(=O)(=O)C2)n1. The second-order valence-corrected chi connectivity index (χ2v) is 5.85. The predicted molar refractivity (Wildman–Crippen MR) is 57.4 cm³/mol. The maximum Gasteiger partial charge on any atom is 0.226 e. The lowest BCUT2D eigenvalue weighted by Gasteiger charge is -2.26. The summed E-state index contributed by atoms with van der Waals surface area (Å²) in [5.74, 6) is 0.824. The lowest BCUT2D eigenvalue weighted by molar-refractivity contribution is 0.580. The third-order valence-corrected chi connectivity index (χ3v) is 3.92. The van der Waals surface area contributed by atoms with Gasteiger partial charge in [0.25, 0.3) is 0 Å². The summed E-state index contributed by atoms with van der Waals surface area (Å²) in [6, 6.07) is 1.79. The van der Waals surface area contributed by atoms with Crippen LogP contribution in [0.5, 0.6) is 0 Å². The van der Waals surface area contributed by atoms with E-state index < -0.39 is 9.84 Å². The van der Waals surface area contributed by atoms with Crippen LogP contribution in [0.3, 0.4) is 0 Å². The third-order valence-electron chi connectivity index (χ3n) is 2.30. The molecule has 82 valence electrons. The van der Waals surface area contributed by atoms with Crippen molar-refractivity contribution in [2.75, 3.05) is 23.1 Å². The second kappa shape index (κ2) is 3.77. The first-order chi connectivity index (χ1) is 7.07. The van der Waals surface area contributed by atoms with Crippen molar-refractivity contribution in [1.29, 1.82) is 0 Å². The first-order valence-electron chi connectivity index (χ1n) is 4.82. The zero-order valence-corrected chi connectivity index (χ0v) is 9.37. The number of aromatic nitrogens is 2. The minimum Gasteiger partial charge on any atom is -0.326 e. The maximum atomic E-state index is 11.4. The van der Waals surface area contributed by atoms with E-state index in [4.69, 9.17) is 0 Å². The maximum absolute atomic E-state index is 11.4. The van der Waals surface area contributed by atoms with Crippen LogP contribution in [0, 0.1) is 6.92 Å². The van der Waals surface area contributed by atoms with Gasteiger partial charge in [0.1, 0.15) is 5.88 Å². The average Bonchev–Trinajstić information content (AvgIpc) is 2.16. The fourth-order valence-corrected chi connectivity index (χ4v) is 3.01. The van der Waals surface area contributed by atoms with E-state index in [1.807, 2.05) is 6.92 Å². The standard InChI is InChI=1S/C9H13N3O2S/c1-8-3-4-10-9(11-8)12-5-2-6-15(13,14)7-12/h3-4H,2,5-7H2,1H3. The fourth-order valence-electron chi connectivity index (χ4n) is 1.59. The monoisotopic (exact) mass is 227 g/mol. The Balaban J connectivity index is 2.24. The largest absolute Gasteiger partial charge is 0.326 e. The minimum absolute atomic E-state index is 0.0381. The second-order valence-electron chi connectivity index (χ2n) is 3.69. The fraction of sp³-hybridized carbons (Fsp3) is 0.556. The molecule has 1 aliphatic rings. The highest BCUT2D eigenvalue weighted by atomic mass is 32.2. The van der Waals surface area contributed by atoms with Crippen LogP contribution in [-0.4, -0.2) is 36.6 Å². The Hall–Kier alpha value is -1.17. The zero-order chi connectivity index (χ0) is 10.9. The molecule has 1 aromatic heterocycles.